The molecule has 8 heteroatoms. The Labute approximate surface area is 156 Å². The summed E-state index contributed by atoms with van der Waals surface area (Å²) in [4.78, 5) is 4.17. The molecule has 6 nitrogen and oxygen atoms in total. The minimum Gasteiger partial charge on any atom is -0.355 e. The molecule has 0 aliphatic rings. The van der Waals surface area contributed by atoms with Crippen molar-refractivity contribution in [3.05, 3.63) is 35.9 Å². The van der Waals surface area contributed by atoms with Crippen LogP contribution in [-0.4, -0.2) is 39.8 Å². The van der Waals surface area contributed by atoms with E-state index in [4.69, 9.17) is 0 Å². The highest BCUT2D eigenvalue weighted by Crippen LogP contribution is 2.10. The summed E-state index contributed by atoms with van der Waals surface area (Å²) in [6.07, 6.45) is 1.15. The number of aliphatic imine (C=N–C) groups is 1. The summed E-state index contributed by atoms with van der Waals surface area (Å²) in [6, 6.07) is 10.1. The summed E-state index contributed by atoms with van der Waals surface area (Å²) in [6.45, 7) is 6.09. The van der Waals surface area contributed by atoms with E-state index in [1.807, 2.05) is 51.1 Å². The maximum Gasteiger partial charge on any atom is 0.209 e. The Morgan fingerprint density at radius 2 is 1.83 bits per heavy atom. The SMILES string of the molecule is CN=C(NCC(C)(C)NS(C)(=O)=O)NC(C)c1ccccc1.I. The third-order valence-corrected chi connectivity index (χ3v) is 3.96. The van der Waals surface area contributed by atoms with Crippen molar-refractivity contribution in [3.63, 3.8) is 0 Å². The molecular formula is C15H27IN4O2S. The first-order valence-electron chi connectivity index (χ1n) is 7.14. The number of halogens is 1. The van der Waals surface area contributed by atoms with Crippen molar-refractivity contribution in [2.45, 2.75) is 32.4 Å². The predicted octanol–water partition coefficient (Wildman–Crippen LogP) is 1.86. The molecule has 1 aromatic carbocycles. The van der Waals surface area contributed by atoms with Crippen molar-refractivity contribution in [1.29, 1.82) is 0 Å². The summed E-state index contributed by atoms with van der Waals surface area (Å²) in [5.74, 6) is 0.625. The van der Waals surface area contributed by atoms with Gasteiger partial charge in [0.1, 0.15) is 0 Å². The molecule has 0 saturated carbocycles. The van der Waals surface area contributed by atoms with E-state index in [-0.39, 0.29) is 30.0 Å². The van der Waals surface area contributed by atoms with Crippen molar-refractivity contribution >= 4 is 40.0 Å². The highest BCUT2D eigenvalue weighted by molar-refractivity contribution is 14.0. The zero-order valence-corrected chi connectivity index (χ0v) is 17.4. The van der Waals surface area contributed by atoms with Crippen LogP contribution in [-0.2, 0) is 10.0 Å². The number of sulfonamides is 1. The lowest BCUT2D eigenvalue weighted by Gasteiger charge is -2.27. The molecule has 0 spiro atoms. The third-order valence-electron chi connectivity index (χ3n) is 3.04. The van der Waals surface area contributed by atoms with Crippen LogP contribution in [0.15, 0.2) is 35.3 Å². The molecule has 0 bridgehead atoms. The summed E-state index contributed by atoms with van der Waals surface area (Å²) >= 11 is 0. The van der Waals surface area contributed by atoms with Gasteiger partial charge in [-0.1, -0.05) is 30.3 Å². The second kappa shape index (κ2) is 9.43. The second-order valence-corrected chi connectivity index (χ2v) is 7.71. The lowest BCUT2D eigenvalue weighted by molar-refractivity contribution is 0.445. The van der Waals surface area contributed by atoms with E-state index in [2.05, 4.69) is 20.3 Å². The normalized spacial score (nSPS) is 13.9. The fraction of sp³-hybridized carbons (Fsp3) is 0.533. The molecule has 0 fully saturated rings. The van der Waals surface area contributed by atoms with E-state index in [0.29, 0.717) is 12.5 Å². The van der Waals surface area contributed by atoms with Crippen LogP contribution in [0, 0.1) is 0 Å². The highest BCUT2D eigenvalue weighted by atomic mass is 127. The Morgan fingerprint density at radius 1 is 1.26 bits per heavy atom. The molecule has 1 aromatic rings. The van der Waals surface area contributed by atoms with Crippen LogP contribution in [0.5, 0.6) is 0 Å². The van der Waals surface area contributed by atoms with Crippen LogP contribution < -0.4 is 15.4 Å². The lowest BCUT2D eigenvalue weighted by atomic mass is 10.1. The molecule has 0 radical (unpaired) electrons. The van der Waals surface area contributed by atoms with Gasteiger partial charge < -0.3 is 10.6 Å². The van der Waals surface area contributed by atoms with Crippen molar-refractivity contribution < 1.29 is 8.42 Å². The number of hydrogen-bond donors (Lipinski definition) is 3. The van der Waals surface area contributed by atoms with Crippen LogP contribution in [0.3, 0.4) is 0 Å². The van der Waals surface area contributed by atoms with Crippen molar-refractivity contribution in [3.8, 4) is 0 Å². The Morgan fingerprint density at radius 3 is 2.30 bits per heavy atom. The molecule has 23 heavy (non-hydrogen) atoms. The molecule has 3 N–H and O–H groups in total. The number of rotatable bonds is 6. The van der Waals surface area contributed by atoms with Gasteiger partial charge in [-0.3, -0.25) is 4.99 Å². The molecule has 0 heterocycles. The molecule has 1 unspecified atom stereocenters. The molecule has 0 amide bonds. The van der Waals surface area contributed by atoms with Gasteiger partial charge in [-0.15, -0.1) is 24.0 Å². The van der Waals surface area contributed by atoms with E-state index in [1.54, 1.807) is 7.05 Å². The number of nitrogens with zero attached hydrogens (tertiary/aromatic N) is 1. The summed E-state index contributed by atoms with van der Waals surface area (Å²) < 4.78 is 25.3. The van der Waals surface area contributed by atoms with Crippen LogP contribution >= 0.6 is 24.0 Å². The van der Waals surface area contributed by atoms with Gasteiger partial charge in [0, 0.05) is 19.1 Å². The smallest absolute Gasteiger partial charge is 0.209 e. The van der Waals surface area contributed by atoms with Crippen molar-refractivity contribution in [2.75, 3.05) is 19.8 Å². The molecule has 0 saturated heterocycles. The number of nitrogens with one attached hydrogen (secondary N) is 3. The Kier molecular flexibility index (Phi) is 9.07. The second-order valence-electron chi connectivity index (χ2n) is 5.96. The largest absolute Gasteiger partial charge is 0.355 e. The predicted molar refractivity (Wildman–Crippen MR) is 107 cm³/mol. The maximum atomic E-state index is 11.3. The van der Waals surface area contributed by atoms with E-state index in [9.17, 15) is 8.42 Å². The van der Waals surface area contributed by atoms with Gasteiger partial charge in [-0.2, -0.15) is 0 Å². The molecule has 1 atom stereocenters. The first-order chi connectivity index (χ1) is 10.1. The van der Waals surface area contributed by atoms with Crippen molar-refractivity contribution in [2.24, 2.45) is 4.99 Å². The molecule has 1 rings (SSSR count). The first kappa shape index (κ1) is 22.1. The summed E-state index contributed by atoms with van der Waals surface area (Å²) in [7, 11) is -1.57. The van der Waals surface area contributed by atoms with Crippen molar-refractivity contribution in [1.82, 2.24) is 15.4 Å². The third kappa shape index (κ3) is 9.11. The van der Waals surface area contributed by atoms with Crippen LogP contribution in [0.1, 0.15) is 32.4 Å². The van der Waals surface area contributed by atoms with Crippen LogP contribution in [0.25, 0.3) is 0 Å². The number of benzene rings is 1. The van der Waals surface area contributed by atoms with E-state index < -0.39 is 15.6 Å². The topological polar surface area (TPSA) is 82.6 Å². The fourth-order valence-corrected chi connectivity index (χ4v) is 3.14. The summed E-state index contributed by atoms with van der Waals surface area (Å²) in [5.41, 5.74) is 0.542. The lowest BCUT2D eigenvalue weighted by Crippen LogP contribution is -2.53. The summed E-state index contributed by atoms with van der Waals surface area (Å²) in [5, 5.41) is 6.42. The zero-order valence-electron chi connectivity index (χ0n) is 14.3. The average molecular weight is 454 g/mol. The van der Waals surface area contributed by atoms with Crippen LogP contribution in [0.2, 0.25) is 0 Å². The first-order valence-corrected chi connectivity index (χ1v) is 9.03. The van der Waals surface area contributed by atoms with Gasteiger partial charge in [-0.25, -0.2) is 13.1 Å². The number of hydrogen-bond acceptors (Lipinski definition) is 3. The molecule has 132 valence electrons. The molecule has 0 aliphatic heterocycles. The highest BCUT2D eigenvalue weighted by Gasteiger charge is 2.22. The Hall–Kier alpha value is -0.870. The average Bonchev–Trinajstić information content (AvgIpc) is 2.41. The quantitative estimate of drug-likeness (QED) is 0.348. The fourth-order valence-electron chi connectivity index (χ4n) is 2.07. The van der Waals surface area contributed by atoms with Crippen LogP contribution in [0.4, 0.5) is 0 Å². The van der Waals surface area contributed by atoms with Gasteiger partial charge in [0.05, 0.1) is 12.3 Å². The number of guanidine groups is 1. The standard InChI is InChI=1S/C15H26N4O2S.HI/c1-12(13-9-7-6-8-10-13)18-14(16-4)17-11-15(2,3)19-22(5,20)21;/h6-10,12,19H,11H2,1-5H3,(H2,16,17,18);1H. The van der Waals surface area contributed by atoms with Gasteiger partial charge in [-0.05, 0) is 26.3 Å². The maximum absolute atomic E-state index is 11.3. The van der Waals surface area contributed by atoms with Gasteiger partial charge in [0.25, 0.3) is 0 Å². The van der Waals surface area contributed by atoms with E-state index in [1.165, 1.54) is 0 Å². The van der Waals surface area contributed by atoms with Gasteiger partial charge >= 0.3 is 0 Å². The Balaban J connectivity index is 0.00000484. The van der Waals surface area contributed by atoms with E-state index >= 15 is 0 Å². The van der Waals surface area contributed by atoms with Gasteiger partial charge in [0.2, 0.25) is 10.0 Å². The molecule has 0 aliphatic carbocycles. The zero-order chi connectivity index (χ0) is 16.8. The minimum absolute atomic E-state index is 0. The Bertz CT molecular complexity index is 603. The van der Waals surface area contributed by atoms with Gasteiger partial charge in [0.15, 0.2) is 5.96 Å². The molecular weight excluding hydrogens is 427 g/mol. The monoisotopic (exact) mass is 454 g/mol. The molecule has 0 aromatic heterocycles. The van der Waals surface area contributed by atoms with E-state index in [0.717, 1.165) is 11.8 Å². The minimum atomic E-state index is -3.25.